The Labute approximate surface area is 319 Å². The molecule has 0 radical (unpaired) electrons. The topological polar surface area (TPSA) is 93.1 Å². The summed E-state index contributed by atoms with van der Waals surface area (Å²) in [4.78, 5) is 23.9. The minimum Gasteiger partial charge on any atom is -0.463 e. The van der Waals surface area contributed by atoms with Crippen LogP contribution in [-0.2, 0) is 19.1 Å². The van der Waals surface area contributed by atoms with Gasteiger partial charge in [-0.25, -0.2) is 0 Å². The van der Waals surface area contributed by atoms with Gasteiger partial charge in [-0.3, -0.25) is 9.59 Å². The van der Waals surface area contributed by atoms with Gasteiger partial charge in [-0.05, 0) is 44.9 Å². The zero-order valence-electron chi connectivity index (χ0n) is 33.4. The van der Waals surface area contributed by atoms with Crippen LogP contribution in [0, 0.1) is 0 Å². The molecule has 6 heteroatoms. The first-order valence-corrected chi connectivity index (χ1v) is 21.1. The van der Waals surface area contributed by atoms with Gasteiger partial charge in [0.15, 0.2) is 0 Å². The lowest BCUT2D eigenvalue weighted by Crippen LogP contribution is -2.25. The third-order valence-electron chi connectivity index (χ3n) is 8.80. The molecule has 0 aliphatic rings. The maximum atomic E-state index is 12.0. The first kappa shape index (κ1) is 49.3. The quantitative estimate of drug-likeness (QED) is 0.0286. The normalized spacial score (nSPS) is 13.5. The number of allylic oxidation sites excluding steroid dienone is 10. The van der Waals surface area contributed by atoms with E-state index in [1.165, 1.54) is 96.3 Å². The molecule has 0 fully saturated rings. The van der Waals surface area contributed by atoms with Crippen LogP contribution >= 0.6 is 0 Å². The van der Waals surface area contributed by atoms with Gasteiger partial charge >= 0.3 is 11.9 Å². The van der Waals surface area contributed by atoms with Crippen LogP contribution in [0.3, 0.4) is 0 Å². The first-order valence-electron chi connectivity index (χ1n) is 21.1. The summed E-state index contributed by atoms with van der Waals surface area (Å²) >= 11 is 0. The van der Waals surface area contributed by atoms with E-state index in [0.717, 1.165) is 44.9 Å². The van der Waals surface area contributed by atoms with Crippen LogP contribution in [0.2, 0.25) is 0 Å². The number of aliphatic hydroxyl groups is 2. The fourth-order valence-corrected chi connectivity index (χ4v) is 5.61. The number of carbonyl (C=O) groups excluding carboxylic acids is 2. The fourth-order valence-electron chi connectivity index (χ4n) is 5.61. The minimum absolute atomic E-state index is 0.150. The minimum atomic E-state index is -1.01. The second-order valence-electron chi connectivity index (χ2n) is 13.9. The largest absolute Gasteiger partial charge is 0.463 e. The van der Waals surface area contributed by atoms with Crippen molar-refractivity contribution in [2.75, 3.05) is 13.2 Å². The molecular formula is C46H78O6. The Kier molecular flexibility index (Phi) is 38.9. The van der Waals surface area contributed by atoms with Crippen molar-refractivity contribution >= 4 is 11.9 Å². The highest BCUT2D eigenvalue weighted by molar-refractivity contribution is 5.70. The molecule has 0 aromatic carbocycles. The Balaban J connectivity index is 3.59. The zero-order chi connectivity index (χ0) is 38.0. The van der Waals surface area contributed by atoms with Crippen molar-refractivity contribution < 1.29 is 29.3 Å². The van der Waals surface area contributed by atoms with Gasteiger partial charge in [-0.1, -0.05) is 196 Å². The average molecular weight is 727 g/mol. The van der Waals surface area contributed by atoms with Crippen LogP contribution < -0.4 is 0 Å². The molecule has 2 atom stereocenters. The molecule has 0 aromatic rings. The molecule has 0 aliphatic carbocycles. The Morgan fingerprint density at radius 1 is 0.500 bits per heavy atom. The van der Waals surface area contributed by atoms with E-state index >= 15 is 0 Å². The van der Waals surface area contributed by atoms with Crippen LogP contribution in [0.25, 0.3) is 0 Å². The summed E-state index contributed by atoms with van der Waals surface area (Å²) in [6.07, 6.45) is 51.6. The molecule has 6 nitrogen and oxygen atoms in total. The Bertz CT molecular complexity index is 975. The Morgan fingerprint density at radius 2 is 0.942 bits per heavy atom. The smallest absolute Gasteiger partial charge is 0.306 e. The van der Waals surface area contributed by atoms with E-state index < -0.39 is 12.2 Å². The third-order valence-corrected chi connectivity index (χ3v) is 8.80. The van der Waals surface area contributed by atoms with Gasteiger partial charge < -0.3 is 19.7 Å². The monoisotopic (exact) mass is 727 g/mol. The molecule has 1 unspecified atom stereocenters. The van der Waals surface area contributed by atoms with Crippen LogP contribution in [0.1, 0.15) is 181 Å². The van der Waals surface area contributed by atoms with E-state index in [1.807, 2.05) is 30.4 Å². The van der Waals surface area contributed by atoms with Gasteiger partial charge in [-0.15, -0.1) is 0 Å². The predicted molar refractivity (Wildman–Crippen MR) is 220 cm³/mol. The molecule has 298 valence electrons. The molecule has 52 heavy (non-hydrogen) atoms. The van der Waals surface area contributed by atoms with Gasteiger partial charge in [0.2, 0.25) is 0 Å². The van der Waals surface area contributed by atoms with E-state index in [0.29, 0.717) is 19.3 Å². The summed E-state index contributed by atoms with van der Waals surface area (Å²) in [5.74, 6) is -0.680. The molecule has 0 saturated carbocycles. The second-order valence-corrected chi connectivity index (χ2v) is 13.9. The number of aliphatic hydroxyl groups excluding tert-OH is 2. The number of carbonyl (C=O) groups is 2. The standard InChI is InChI=1S/C46H78O6/c1-3-5-7-8-9-10-11-12-13-14-15-16-19-22-25-28-31-35-39-45(49)51-41-44(48)42-52-46(50)40-36-32-29-26-23-20-17-18-21-24-27-30-34-38-43(47)37-33-6-4-2/h6,18,20-21,23,27,29-30,32-34,38,43-44,47-48H,3-5,7-17,19,22,24-26,28,31,35-37,39-42H2,1-2H3/b21-18-,23-20-,30-27+,32-29-,33-6-,38-34+/t43?,44-/m0/s1. The Morgan fingerprint density at radius 3 is 1.44 bits per heavy atom. The summed E-state index contributed by atoms with van der Waals surface area (Å²) in [6.45, 7) is 4.03. The number of esters is 2. The maximum Gasteiger partial charge on any atom is 0.306 e. The van der Waals surface area contributed by atoms with Crippen molar-refractivity contribution in [2.45, 2.75) is 193 Å². The van der Waals surface area contributed by atoms with Crippen LogP contribution in [-0.4, -0.2) is 47.6 Å². The molecule has 0 heterocycles. The molecule has 0 amide bonds. The van der Waals surface area contributed by atoms with E-state index in [2.05, 4.69) is 50.3 Å². The van der Waals surface area contributed by atoms with E-state index in [9.17, 15) is 19.8 Å². The van der Waals surface area contributed by atoms with Gasteiger partial charge in [0.25, 0.3) is 0 Å². The number of rotatable bonds is 37. The predicted octanol–water partition coefficient (Wildman–Crippen LogP) is 12.3. The maximum absolute atomic E-state index is 12.0. The highest BCUT2D eigenvalue weighted by Crippen LogP contribution is 2.15. The van der Waals surface area contributed by atoms with Gasteiger partial charge in [0, 0.05) is 12.8 Å². The summed E-state index contributed by atoms with van der Waals surface area (Å²) in [5.41, 5.74) is 0. The average Bonchev–Trinajstić information content (AvgIpc) is 3.14. The first-order chi connectivity index (χ1) is 25.5. The number of hydrogen-bond acceptors (Lipinski definition) is 6. The molecular weight excluding hydrogens is 648 g/mol. The highest BCUT2D eigenvalue weighted by atomic mass is 16.6. The van der Waals surface area contributed by atoms with Crippen LogP contribution in [0.5, 0.6) is 0 Å². The van der Waals surface area contributed by atoms with Gasteiger partial charge in [0.1, 0.15) is 19.3 Å². The SMILES string of the molecule is CC/C=C\CC(O)/C=C/C=C/C/C=C\C/C=C\C/C=C\CCC(=O)OC[C@@H](O)COC(=O)CCCCCCCCCCCCCCCCCCCC. The van der Waals surface area contributed by atoms with E-state index in [4.69, 9.17) is 9.47 Å². The van der Waals surface area contributed by atoms with Crippen molar-refractivity contribution in [3.05, 3.63) is 72.9 Å². The van der Waals surface area contributed by atoms with Crippen molar-refractivity contribution in [2.24, 2.45) is 0 Å². The molecule has 0 aliphatic heterocycles. The Hall–Kier alpha value is -2.70. The second kappa shape index (κ2) is 41.1. The lowest BCUT2D eigenvalue weighted by Gasteiger charge is -2.12. The fraction of sp³-hybridized carbons (Fsp3) is 0.696. The summed E-state index contributed by atoms with van der Waals surface area (Å²) in [5, 5.41) is 19.8. The molecule has 0 aromatic heterocycles. The van der Waals surface area contributed by atoms with Crippen molar-refractivity contribution in [1.29, 1.82) is 0 Å². The lowest BCUT2D eigenvalue weighted by molar-refractivity contribution is -0.152. The number of ether oxygens (including phenoxy) is 2. The molecule has 0 spiro atoms. The van der Waals surface area contributed by atoms with Crippen molar-refractivity contribution in [1.82, 2.24) is 0 Å². The summed E-state index contributed by atoms with van der Waals surface area (Å²) < 4.78 is 10.3. The summed E-state index contributed by atoms with van der Waals surface area (Å²) in [7, 11) is 0. The molecule has 0 bridgehead atoms. The highest BCUT2D eigenvalue weighted by Gasteiger charge is 2.11. The van der Waals surface area contributed by atoms with E-state index in [1.54, 1.807) is 6.08 Å². The molecule has 0 rings (SSSR count). The van der Waals surface area contributed by atoms with Crippen molar-refractivity contribution in [3.63, 3.8) is 0 Å². The van der Waals surface area contributed by atoms with E-state index in [-0.39, 0.29) is 31.6 Å². The van der Waals surface area contributed by atoms with Gasteiger partial charge in [0.05, 0.1) is 6.10 Å². The lowest BCUT2D eigenvalue weighted by atomic mass is 10.0. The van der Waals surface area contributed by atoms with Crippen LogP contribution in [0.15, 0.2) is 72.9 Å². The van der Waals surface area contributed by atoms with Gasteiger partial charge in [-0.2, -0.15) is 0 Å². The molecule has 0 saturated heterocycles. The zero-order valence-corrected chi connectivity index (χ0v) is 33.4. The third kappa shape index (κ3) is 40.1. The molecule has 2 N–H and O–H groups in total. The number of hydrogen-bond donors (Lipinski definition) is 2. The number of unbranched alkanes of at least 4 members (excludes halogenated alkanes) is 17. The summed E-state index contributed by atoms with van der Waals surface area (Å²) in [6, 6.07) is 0. The van der Waals surface area contributed by atoms with Crippen LogP contribution in [0.4, 0.5) is 0 Å². The van der Waals surface area contributed by atoms with Crippen molar-refractivity contribution in [3.8, 4) is 0 Å².